The first kappa shape index (κ1) is 14.7. The third kappa shape index (κ3) is 3.57. The van der Waals surface area contributed by atoms with Crippen LogP contribution in [0.2, 0.25) is 0 Å². The Morgan fingerprint density at radius 3 is 2.33 bits per heavy atom. The second kappa shape index (κ2) is 6.00. The van der Waals surface area contributed by atoms with E-state index in [0.717, 1.165) is 5.56 Å². The van der Waals surface area contributed by atoms with E-state index in [1.54, 1.807) is 6.21 Å². The summed E-state index contributed by atoms with van der Waals surface area (Å²) in [7, 11) is -3.06. The van der Waals surface area contributed by atoms with Crippen molar-refractivity contribution in [2.75, 3.05) is 12.0 Å². The van der Waals surface area contributed by atoms with Crippen molar-refractivity contribution < 1.29 is 8.42 Å². The van der Waals surface area contributed by atoms with Crippen LogP contribution in [0.3, 0.4) is 0 Å². The van der Waals surface area contributed by atoms with Crippen LogP contribution in [-0.4, -0.2) is 26.6 Å². The van der Waals surface area contributed by atoms with Gasteiger partial charge in [-0.15, -0.1) is 0 Å². The third-order valence-corrected chi connectivity index (χ3v) is 3.66. The van der Waals surface area contributed by atoms with Crippen LogP contribution in [0.15, 0.2) is 35.4 Å². The van der Waals surface area contributed by atoms with Crippen molar-refractivity contribution in [3.63, 3.8) is 0 Å². The smallest absolute Gasteiger partial charge is 0.150 e. The minimum absolute atomic E-state index is 0.0595. The maximum atomic E-state index is 11.5. The Kier molecular flexibility index (Phi) is 4.90. The Balaban J connectivity index is 0.000000771. The van der Waals surface area contributed by atoms with Crippen LogP contribution in [0.5, 0.6) is 0 Å². The molecule has 0 saturated heterocycles. The lowest BCUT2D eigenvalue weighted by Gasteiger charge is -2.28. The molecule has 4 nitrogen and oxygen atoms in total. The standard InChI is InChI=1S/C11H14N2O2S.C2H6/c1-16(14,15)9-11(7-8-12-13-11)10-5-3-2-4-6-10;1-2/h2-6,8,13H,7,9H2,1H3;1-2H3. The van der Waals surface area contributed by atoms with Crippen molar-refractivity contribution in [3.8, 4) is 0 Å². The molecule has 5 heteroatoms. The number of hydrazone groups is 1. The summed E-state index contributed by atoms with van der Waals surface area (Å²) in [6.45, 7) is 4.00. The summed E-state index contributed by atoms with van der Waals surface area (Å²) < 4.78 is 22.9. The van der Waals surface area contributed by atoms with Gasteiger partial charge in [-0.1, -0.05) is 44.2 Å². The highest BCUT2D eigenvalue weighted by atomic mass is 32.2. The highest BCUT2D eigenvalue weighted by Crippen LogP contribution is 2.28. The van der Waals surface area contributed by atoms with Gasteiger partial charge < -0.3 is 0 Å². The summed E-state index contributed by atoms with van der Waals surface area (Å²) in [4.78, 5) is 0. The van der Waals surface area contributed by atoms with Crippen LogP contribution in [0, 0.1) is 0 Å². The van der Waals surface area contributed by atoms with Gasteiger partial charge in [0.2, 0.25) is 0 Å². The Labute approximate surface area is 109 Å². The monoisotopic (exact) mass is 268 g/mol. The second-order valence-electron chi connectivity index (χ2n) is 4.15. The number of nitrogens with one attached hydrogen (secondary N) is 1. The molecule has 0 fully saturated rings. The van der Waals surface area contributed by atoms with Crippen LogP contribution in [0.4, 0.5) is 0 Å². The molecule has 0 amide bonds. The predicted molar refractivity (Wildman–Crippen MR) is 75.4 cm³/mol. The Bertz CT molecular complexity index is 487. The van der Waals surface area contributed by atoms with Gasteiger partial charge >= 0.3 is 0 Å². The van der Waals surface area contributed by atoms with Gasteiger partial charge in [0.25, 0.3) is 0 Å². The van der Waals surface area contributed by atoms with Crippen molar-refractivity contribution in [3.05, 3.63) is 35.9 Å². The first-order valence-corrected chi connectivity index (χ1v) is 8.10. The molecule has 0 bridgehead atoms. The van der Waals surface area contributed by atoms with E-state index in [4.69, 9.17) is 0 Å². The number of benzene rings is 1. The first-order valence-electron chi connectivity index (χ1n) is 6.04. The Hall–Kier alpha value is -1.36. The fourth-order valence-corrected chi connectivity index (χ4v) is 3.22. The van der Waals surface area contributed by atoms with E-state index in [9.17, 15) is 8.42 Å². The van der Waals surface area contributed by atoms with E-state index >= 15 is 0 Å². The number of sulfone groups is 1. The fourth-order valence-electron chi connectivity index (χ4n) is 1.98. The van der Waals surface area contributed by atoms with Gasteiger partial charge in [-0.3, -0.25) is 5.43 Å². The minimum atomic E-state index is -3.06. The van der Waals surface area contributed by atoms with E-state index < -0.39 is 15.4 Å². The second-order valence-corrected chi connectivity index (χ2v) is 6.29. The minimum Gasteiger partial charge on any atom is -0.298 e. The van der Waals surface area contributed by atoms with Crippen molar-refractivity contribution in [2.24, 2.45) is 5.10 Å². The molecule has 1 aromatic rings. The lowest BCUT2D eigenvalue weighted by atomic mass is 9.90. The molecule has 0 radical (unpaired) electrons. The molecule has 100 valence electrons. The molecule has 0 spiro atoms. The molecule has 1 aliphatic heterocycles. The van der Waals surface area contributed by atoms with E-state index in [1.807, 2.05) is 44.2 Å². The van der Waals surface area contributed by atoms with Crippen LogP contribution < -0.4 is 5.43 Å². The molecule has 18 heavy (non-hydrogen) atoms. The molecule has 1 atom stereocenters. The van der Waals surface area contributed by atoms with Crippen LogP contribution in [0.1, 0.15) is 25.8 Å². The molecular formula is C13H20N2O2S. The van der Waals surface area contributed by atoms with E-state index in [0.29, 0.717) is 6.42 Å². The summed E-state index contributed by atoms with van der Waals surface area (Å²) in [5, 5.41) is 3.96. The lowest BCUT2D eigenvalue weighted by molar-refractivity contribution is 0.421. The first-order chi connectivity index (χ1) is 8.52. The zero-order valence-corrected chi connectivity index (χ0v) is 11.9. The maximum absolute atomic E-state index is 11.5. The summed E-state index contributed by atoms with van der Waals surface area (Å²) >= 11 is 0. The highest BCUT2D eigenvalue weighted by molar-refractivity contribution is 7.90. The summed E-state index contributed by atoms with van der Waals surface area (Å²) in [5.41, 5.74) is 3.30. The van der Waals surface area contributed by atoms with E-state index in [-0.39, 0.29) is 5.75 Å². The van der Waals surface area contributed by atoms with Crippen LogP contribution >= 0.6 is 0 Å². The Morgan fingerprint density at radius 2 is 1.89 bits per heavy atom. The molecule has 1 unspecified atom stereocenters. The van der Waals surface area contributed by atoms with Gasteiger partial charge in [-0.25, -0.2) is 8.42 Å². The van der Waals surface area contributed by atoms with Gasteiger partial charge in [0.15, 0.2) is 0 Å². The van der Waals surface area contributed by atoms with Gasteiger partial charge in [-0.2, -0.15) is 5.10 Å². The van der Waals surface area contributed by atoms with Gasteiger partial charge in [0, 0.05) is 18.9 Å². The molecule has 1 aliphatic rings. The topological polar surface area (TPSA) is 58.5 Å². The predicted octanol–water partition coefficient (Wildman–Crippen LogP) is 1.93. The average Bonchev–Trinajstić information content (AvgIpc) is 2.80. The summed E-state index contributed by atoms with van der Waals surface area (Å²) in [6.07, 6.45) is 3.57. The highest BCUT2D eigenvalue weighted by Gasteiger charge is 2.37. The SMILES string of the molecule is CC.CS(=O)(=O)CC1(c2ccccc2)CC=NN1. The third-order valence-electron chi connectivity index (χ3n) is 2.64. The average molecular weight is 268 g/mol. The molecule has 0 aliphatic carbocycles. The normalized spacial score (nSPS) is 21.9. The summed E-state index contributed by atoms with van der Waals surface area (Å²) in [6, 6.07) is 9.56. The fraction of sp³-hybridized carbons (Fsp3) is 0.462. The Morgan fingerprint density at radius 1 is 1.28 bits per heavy atom. The molecule has 0 saturated carbocycles. The van der Waals surface area contributed by atoms with Gasteiger partial charge in [0.05, 0.1) is 11.3 Å². The van der Waals surface area contributed by atoms with Crippen LogP contribution in [0.25, 0.3) is 0 Å². The molecule has 1 N–H and O–H groups in total. The number of hydrogen-bond donors (Lipinski definition) is 1. The molecule has 0 aromatic heterocycles. The molecular weight excluding hydrogens is 248 g/mol. The zero-order chi connectivity index (χ0) is 13.6. The van der Waals surface area contributed by atoms with Crippen LogP contribution in [-0.2, 0) is 15.4 Å². The molecule has 2 rings (SSSR count). The van der Waals surface area contributed by atoms with Crippen molar-refractivity contribution in [1.29, 1.82) is 0 Å². The largest absolute Gasteiger partial charge is 0.298 e. The lowest BCUT2D eigenvalue weighted by Crippen LogP contribution is -2.42. The number of hydrogen-bond acceptors (Lipinski definition) is 4. The number of nitrogens with zero attached hydrogens (tertiary/aromatic N) is 1. The molecule has 1 heterocycles. The quantitative estimate of drug-likeness (QED) is 0.911. The van der Waals surface area contributed by atoms with Crippen molar-refractivity contribution >= 4 is 16.1 Å². The number of rotatable bonds is 3. The van der Waals surface area contributed by atoms with Crippen molar-refractivity contribution in [1.82, 2.24) is 5.43 Å². The molecule has 1 aromatic carbocycles. The maximum Gasteiger partial charge on any atom is 0.150 e. The van der Waals surface area contributed by atoms with Gasteiger partial charge in [-0.05, 0) is 5.56 Å². The van der Waals surface area contributed by atoms with Gasteiger partial charge in [0.1, 0.15) is 9.84 Å². The van der Waals surface area contributed by atoms with E-state index in [2.05, 4.69) is 10.5 Å². The summed E-state index contributed by atoms with van der Waals surface area (Å²) in [5.74, 6) is 0.0595. The zero-order valence-electron chi connectivity index (χ0n) is 11.1. The van der Waals surface area contributed by atoms with Crippen molar-refractivity contribution in [2.45, 2.75) is 25.8 Å². The van der Waals surface area contributed by atoms with E-state index in [1.165, 1.54) is 6.26 Å².